The predicted octanol–water partition coefficient (Wildman–Crippen LogP) is 1.30. The summed E-state index contributed by atoms with van der Waals surface area (Å²) in [7, 11) is 0. The molecule has 0 radical (unpaired) electrons. The van der Waals surface area contributed by atoms with E-state index in [0.717, 1.165) is 24.9 Å². The average Bonchev–Trinajstić information content (AvgIpc) is 2.74. The summed E-state index contributed by atoms with van der Waals surface area (Å²) in [5, 5.41) is 3.16. The molecule has 0 bridgehead atoms. The molecule has 1 aromatic heterocycles. The van der Waals surface area contributed by atoms with E-state index >= 15 is 0 Å². The fourth-order valence-electron chi connectivity index (χ4n) is 2.00. The van der Waals surface area contributed by atoms with Gasteiger partial charge < -0.3 is 11.1 Å². The molecular weight excluding hydrogens is 193 g/mol. The average molecular weight is 209 g/mol. The van der Waals surface area contributed by atoms with Crippen LogP contribution in [0.3, 0.4) is 0 Å². The topological polar surface area (TPSA) is 50.9 Å². The van der Waals surface area contributed by atoms with Crippen LogP contribution in [0.1, 0.15) is 18.4 Å². The van der Waals surface area contributed by atoms with Crippen molar-refractivity contribution in [3.8, 4) is 0 Å². The zero-order valence-electron chi connectivity index (χ0n) is 8.62. The lowest BCUT2D eigenvalue weighted by Gasteiger charge is -2.16. The first-order valence-electron chi connectivity index (χ1n) is 5.34. The van der Waals surface area contributed by atoms with E-state index < -0.39 is 6.17 Å². The number of nitrogens with one attached hydrogen (secondary N) is 1. The number of nitrogen functional groups attached to an aromatic ring is 1. The van der Waals surface area contributed by atoms with Gasteiger partial charge in [-0.2, -0.15) is 0 Å². The zero-order valence-corrected chi connectivity index (χ0v) is 8.62. The van der Waals surface area contributed by atoms with E-state index in [1.54, 1.807) is 12.3 Å². The van der Waals surface area contributed by atoms with Gasteiger partial charge in [0.05, 0.1) is 0 Å². The van der Waals surface area contributed by atoms with E-state index in [4.69, 9.17) is 5.73 Å². The minimum Gasteiger partial charge on any atom is -0.383 e. The molecule has 3 nitrogen and oxygen atoms in total. The molecule has 2 rings (SSSR count). The van der Waals surface area contributed by atoms with Gasteiger partial charge in [-0.25, -0.2) is 9.37 Å². The molecule has 0 aromatic carbocycles. The van der Waals surface area contributed by atoms with Gasteiger partial charge in [0.1, 0.15) is 12.0 Å². The van der Waals surface area contributed by atoms with Crippen LogP contribution in [0.5, 0.6) is 0 Å². The fourth-order valence-corrected chi connectivity index (χ4v) is 2.00. The van der Waals surface area contributed by atoms with Crippen LogP contribution in [0.2, 0.25) is 0 Å². The van der Waals surface area contributed by atoms with Crippen molar-refractivity contribution in [3.63, 3.8) is 0 Å². The molecule has 4 heteroatoms. The van der Waals surface area contributed by atoms with Gasteiger partial charge in [-0.05, 0) is 31.0 Å². The standard InChI is InChI=1S/C11H16FN3/c12-9(10-4-2-5-14-10)7-8-3-1-6-15-11(8)13/h1,3,6,9-10,14H,2,4-5,7H2,(H2,13,15). The molecule has 2 atom stereocenters. The Bertz CT molecular complexity index is 323. The molecule has 1 saturated heterocycles. The van der Waals surface area contributed by atoms with Crippen LogP contribution in [0.25, 0.3) is 0 Å². The van der Waals surface area contributed by atoms with Crippen LogP contribution < -0.4 is 11.1 Å². The number of pyridine rings is 1. The maximum absolute atomic E-state index is 13.8. The van der Waals surface area contributed by atoms with Crippen LogP contribution in [-0.2, 0) is 6.42 Å². The van der Waals surface area contributed by atoms with Gasteiger partial charge in [0.25, 0.3) is 0 Å². The smallest absolute Gasteiger partial charge is 0.126 e. The van der Waals surface area contributed by atoms with Crippen molar-refractivity contribution in [1.29, 1.82) is 0 Å². The first kappa shape index (κ1) is 10.4. The third-order valence-electron chi connectivity index (χ3n) is 2.88. The first-order valence-corrected chi connectivity index (χ1v) is 5.34. The number of anilines is 1. The number of alkyl halides is 1. The van der Waals surface area contributed by atoms with Crippen molar-refractivity contribution < 1.29 is 4.39 Å². The number of aromatic nitrogens is 1. The summed E-state index contributed by atoms with van der Waals surface area (Å²) in [6.45, 7) is 0.924. The Kier molecular flexibility index (Phi) is 3.16. The largest absolute Gasteiger partial charge is 0.383 e. The van der Waals surface area contributed by atoms with E-state index in [1.165, 1.54) is 0 Å². The Labute approximate surface area is 88.9 Å². The minimum absolute atomic E-state index is 0.00962. The second-order valence-corrected chi connectivity index (χ2v) is 3.97. The van der Waals surface area contributed by atoms with Crippen LogP contribution in [-0.4, -0.2) is 23.7 Å². The number of halogens is 1. The van der Waals surface area contributed by atoms with E-state index in [1.807, 2.05) is 6.07 Å². The maximum atomic E-state index is 13.8. The Morgan fingerprint density at radius 2 is 2.53 bits per heavy atom. The third kappa shape index (κ3) is 2.45. The quantitative estimate of drug-likeness (QED) is 0.788. The van der Waals surface area contributed by atoms with Gasteiger partial charge in [0.2, 0.25) is 0 Å². The van der Waals surface area contributed by atoms with E-state index in [9.17, 15) is 4.39 Å². The summed E-state index contributed by atoms with van der Waals surface area (Å²) in [4.78, 5) is 3.95. The van der Waals surface area contributed by atoms with E-state index in [0.29, 0.717) is 12.2 Å². The second kappa shape index (κ2) is 4.57. The summed E-state index contributed by atoms with van der Waals surface area (Å²) in [6.07, 6.45) is 3.10. The van der Waals surface area contributed by atoms with Crippen molar-refractivity contribution in [2.24, 2.45) is 0 Å². The van der Waals surface area contributed by atoms with Gasteiger partial charge in [-0.1, -0.05) is 6.07 Å². The summed E-state index contributed by atoms with van der Waals surface area (Å²) in [6, 6.07) is 3.62. The third-order valence-corrected chi connectivity index (χ3v) is 2.88. The summed E-state index contributed by atoms with van der Waals surface area (Å²) in [5.74, 6) is 0.443. The van der Waals surface area contributed by atoms with Crippen LogP contribution in [0.15, 0.2) is 18.3 Å². The molecule has 0 spiro atoms. The van der Waals surface area contributed by atoms with Crippen LogP contribution >= 0.6 is 0 Å². The Balaban J connectivity index is 1.99. The maximum Gasteiger partial charge on any atom is 0.126 e. The highest BCUT2D eigenvalue weighted by atomic mass is 19.1. The monoisotopic (exact) mass is 209 g/mol. The van der Waals surface area contributed by atoms with Gasteiger partial charge in [0, 0.05) is 18.7 Å². The van der Waals surface area contributed by atoms with Gasteiger partial charge in [0.15, 0.2) is 0 Å². The van der Waals surface area contributed by atoms with Crippen LogP contribution in [0, 0.1) is 0 Å². The predicted molar refractivity (Wildman–Crippen MR) is 58.3 cm³/mol. The van der Waals surface area contributed by atoms with Crippen LogP contribution in [0.4, 0.5) is 10.2 Å². The normalized spacial score (nSPS) is 22.9. The number of nitrogens with two attached hydrogens (primary N) is 1. The molecule has 2 heterocycles. The van der Waals surface area contributed by atoms with Gasteiger partial charge in [-0.3, -0.25) is 0 Å². The lowest BCUT2D eigenvalue weighted by molar-refractivity contribution is 0.264. The Morgan fingerprint density at radius 3 is 3.20 bits per heavy atom. The molecule has 1 aromatic rings. The Morgan fingerprint density at radius 1 is 1.67 bits per heavy atom. The number of nitrogens with zero attached hydrogens (tertiary/aromatic N) is 1. The lowest BCUT2D eigenvalue weighted by Crippen LogP contribution is -2.33. The number of hydrogen-bond donors (Lipinski definition) is 2. The van der Waals surface area contributed by atoms with Crippen molar-refractivity contribution in [3.05, 3.63) is 23.9 Å². The lowest BCUT2D eigenvalue weighted by atomic mass is 10.0. The molecule has 1 fully saturated rings. The molecular formula is C11H16FN3. The van der Waals surface area contributed by atoms with E-state index in [-0.39, 0.29) is 6.04 Å². The molecule has 0 aliphatic carbocycles. The molecule has 2 unspecified atom stereocenters. The molecule has 0 amide bonds. The SMILES string of the molecule is Nc1ncccc1CC(F)C1CCCN1. The summed E-state index contributed by atoms with van der Waals surface area (Å²) in [5.41, 5.74) is 6.47. The fraction of sp³-hybridized carbons (Fsp3) is 0.545. The van der Waals surface area contributed by atoms with E-state index in [2.05, 4.69) is 10.3 Å². The first-order chi connectivity index (χ1) is 7.27. The van der Waals surface area contributed by atoms with Gasteiger partial charge in [-0.15, -0.1) is 0 Å². The summed E-state index contributed by atoms with van der Waals surface area (Å²) < 4.78 is 13.8. The van der Waals surface area contributed by atoms with Gasteiger partial charge >= 0.3 is 0 Å². The molecule has 3 N–H and O–H groups in total. The highest BCUT2D eigenvalue weighted by Crippen LogP contribution is 2.18. The highest BCUT2D eigenvalue weighted by Gasteiger charge is 2.24. The number of hydrogen-bond acceptors (Lipinski definition) is 3. The van der Waals surface area contributed by atoms with Crippen molar-refractivity contribution >= 4 is 5.82 Å². The zero-order chi connectivity index (χ0) is 10.7. The second-order valence-electron chi connectivity index (χ2n) is 3.97. The number of rotatable bonds is 3. The van der Waals surface area contributed by atoms with Crippen molar-refractivity contribution in [2.45, 2.75) is 31.5 Å². The molecule has 1 aliphatic rings. The highest BCUT2D eigenvalue weighted by molar-refractivity contribution is 5.38. The molecule has 0 saturated carbocycles. The Hall–Kier alpha value is -1.16. The summed E-state index contributed by atoms with van der Waals surface area (Å²) >= 11 is 0. The van der Waals surface area contributed by atoms with Crippen molar-refractivity contribution in [1.82, 2.24) is 10.3 Å². The molecule has 15 heavy (non-hydrogen) atoms. The molecule has 1 aliphatic heterocycles. The molecule has 82 valence electrons. The minimum atomic E-state index is -0.862. The van der Waals surface area contributed by atoms with Crippen molar-refractivity contribution in [2.75, 3.05) is 12.3 Å².